The largest absolute Gasteiger partial charge is 0.435 e. The molecule has 1 unspecified atom stereocenters. The first kappa shape index (κ1) is 34.1. The van der Waals surface area contributed by atoms with Crippen molar-refractivity contribution in [3.05, 3.63) is 65.0 Å². The van der Waals surface area contributed by atoms with Gasteiger partial charge < -0.3 is 15.3 Å². The van der Waals surface area contributed by atoms with Gasteiger partial charge in [0.2, 0.25) is 11.8 Å². The molecule has 1 saturated heterocycles. The number of aliphatic hydroxyl groups is 1. The highest BCUT2D eigenvalue weighted by Crippen LogP contribution is 2.59. The van der Waals surface area contributed by atoms with Gasteiger partial charge in [0.15, 0.2) is 9.84 Å². The third-order valence-corrected chi connectivity index (χ3v) is 12.1. The number of rotatable bonds is 8. The minimum absolute atomic E-state index is 0.0467. The normalized spacial score (nSPS) is 25.4. The highest BCUT2D eigenvalue weighted by molar-refractivity contribution is 7.92. The van der Waals surface area contributed by atoms with E-state index in [-0.39, 0.29) is 73.7 Å². The monoisotopic (exact) mass is 682 g/mol. The van der Waals surface area contributed by atoms with Gasteiger partial charge in [0, 0.05) is 43.6 Å². The molecule has 0 radical (unpaired) electrons. The Hall–Kier alpha value is -3.27. The van der Waals surface area contributed by atoms with Crippen molar-refractivity contribution < 1.29 is 58.2 Å². The lowest BCUT2D eigenvalue weighted by atomic mass is 9.74. The second kappa shape index (κ2) is 11.8. The van der Waals surface area contributed by atoms with Gasteiger partial charge in [-0.15, -0.1) is 0 Å². The lowest BCUT2D eigenvalue weighted by Gasteiger charge is -2.43. The summed E-state index contributed by atoms with van der Waals surface area (Å²) in [5.41, 5.74) is -7.79. The number of benzene rings is 2. The van der Waals surface area contributed by atoms with Crippen LogP contribution in [0.2, 0.25) is 0 Å². The Morgan fingerprint density at radius 3 is 2.26 bits per heavy atom. The Morgan fingerprint density at radius 2 is 1.65 bits per heavy atom. The summed E-state index contributed by atoms with van der Waals surface area (Å²) in [4.78, 5) is 26.8. The Morgan fingerprint density at radius 1 is 1.00 bits per heavy atom. The van der Waals surface area contributed by atoms with E-state index in [0.29, 0.717) is 18.6 Å². The van der Waals surface area contributed by atoms with E-state index in [1.165, 1.54) is 4.90 Å². The zero-order valence-corrected chi connectivity index (χ0v) is 24.9. The second-order valence-corrected chi connectivity index (χ2v) is 14.2. The van der Waals surface area contributed by atoms with Crippen molar-refractivity contribution in [3.8, 4) is 0 Å². The fourth-order valence-corrected chi connectivity index (χ4v) is 9.75. The van der Waals surface area contributed by atoms with Crippen LogP contribution in [0.3, 0.4) is 0 Å². The topological polar surface area (TPSA) is 104 Å². The first-order valence-electron chi connectivity index (χ1n) is 14.5. The summed E-state index contributed by atoms with van der Waals surface area (Å²) in [7, 11) is -4.55. The Bertz CT molecular complexity index is 1600. The second-order valence-electron chi connectivity index (χ2n) is 12.0. The zero-order chi connectivity index (χ0) is 33.9. The maximum absolute atomic E-state index is 15.0. The van der Waals surface area contributed by atoms with Gasteiger partial charge in [0.1, 0.15) is 10.6 Å². The van der Waals surface area contributed by atoms with Gasteiger partial charge >= 0.3 is 18.0 Å². The van der Waals surface area contributed by atoms with Crippen molar-refractivity contribution >= 4 is 21.7 Å². The van der Waals surface area contributed by atoms with Gasteiger partial charge in [0.25, 0.3) is 0 Å². The molecule has 46 heavy (non-hydrogen) atoms. The third-order valence-electron chi connectivity index (χ3n) is 9.48. The van der Waals surface area contributed by atoms with E-state index in [1.807, 2.05) is 0 Å². The van der Waals surface area contributed by atoms with Crippen molar-refractivity contribution in [3.63, 3.8) is 0 Å². The molecule has 2 N–H and O–H groups in total. The summed E-state index contributed by atoms with van der Waals surface area (Å²) in [5.74, 6) is -3.27. The molecule has 16 heteroatoms. The number of hydrogen-bond donors (Lipinski definition) is 2. The number of fused-ring (bicyclic) bond motifs is 3. The van der Waals surface area contributed by atoms with Crippen molar-refractivity contribution in [2.45, 2.75) is 72.2 Å². The van der Waals surface area contributed by atoms with Crippen LogP contribution in [-0.2, 0) is 36.3 Å². The number of aryl methyl sites for hydroxylation is 1. The molecule has 2 fully saturated rings. The van der Waals surface area contributed by atoms with Crippen LogP contribution in [0.4, 0.5) is 35.1 Å². The summed E-state index contributed by atoms with van der Waals surface area (Å²) in [6.45, 7) is 0.165. The molecule has 0 aromatic heterocycles. The van der Waals surface area contributed by atoms with Crippen LogP contribution in [0.1, 0.15) is 48.8 Å². The quantitative estimate of drug-likeness (QED) is 0.306. The summed E-state index contributed by atoms with van der Waals surface area (Å²) >= 11 is 0. The summed E-state index contributed by atoms with van der Waals surface area (Å²) in [6.07, 6.45) is -13.0. The fourth-order valence-electron chi connectivity index (χ4n) is 7.28. The van der Waals surface area contributed by atoms with Crippen LogP contribution in [0.25, 0.3) is 0 Å². The molecule has 2 amide bonds. The molecule has 5 rings (SSSR count). The van der Waals surface area contributed by atoms with E-state index >= 15 is 0 Å². The van der Waals surface area contributed by atoms with E-state index < -0.39 is 67.8 Å². The molecular weight excluding hydrogens is 652 g/mol. The number of hydrogen-bond acceptors (Lipinski definition) is 5. The number of amides is 2. The average molecular weight is 683 g/mol. The zero-order valence-electron chi connectivity index (χ0n) is 24.1. The third kappa shape index (κ3) is 5.34. The van der Waals surface area contributed by atoms with Crippen LogP contribution in [0.5, 0.6) is 0 Å². The maximum Gasteiger partial charge on any atom is 0.435 e. The number of sulfone groups is 1. The van der Waals surface area contributed by atoms with Crippen molar-refractivity contribution in [2.75, 3.05) is 19.7 Å². The molecule has 3 aliphatic rings. The summed E-state index contributed by atoms with van der Waals surface area (Å²) < 4.78 is 137. The molecule has 1 saturated carbocycles. The van der Waals surface area contributed by atoms with Gasteiger partial charge in [-0.2, -0.15) is 26.3 Å². The maximum atomic E-state index is 15.0. The highest BCUT2D eigenvalue weighted by atomic mass is 32.2. The van der Waals surface area contributed by atoms with Crippen LogP contribution < -0.4 is 5.32 Å². The SMILES string of the molecule is O=C(N[C@@H]1CC[C@@]2(S(=O)(=O)c3ccc(F)cc3)c3ccc(C(F)(C(F)(F)F)C(F)(F)F)cc3CC[C@@H]12)C1CC(=O)N(CCCO)C1. The molecule has 7 nitrogen and oxygen atoms in total. The van der Waals surface area contributed by atoms with Gasteiger partial charge in [-0.3, -0.25) is 9.59 Å². The van der Waals surface area contributed by atoms with E-state index in [9.17, 15) is 53.1 Å². The number of nitrogens with zero attached hydrogens (tertiary/aromatic N) is 1. The minimum Gasteiger partial charge on any atom is -0.396 e. The van der Waals surface area contributed by atoms with Crippen molar-refractivity contribution in [1.82, 2.24) is 10.2 Å². The first-order valence-corrected chi connectivity index (χ1v) is 16.0. The van der Waals surface area contributed by atoms with E-state index in [4.69, 9.17) is 5.11 Å². The van der Waals surface area contributed by atoms with Gasteiger partial charge in [-0.1, -0.05) is 18.2 Å². The molecule has 1 heterocycles. The lowest BCUT2D eigenvalue weighted by Crippen LogP contribution is -2.51. The van der Waals surface area contributed by atoms with Gasteiger partial charge in [0.05, 0.1) is 10.8 Å². The van der Waals surface area contributed by atoms with Crippen molar-refractivity contribution in [1.29, 1.82) is 0 Å². The van der Waals surface area contributed by atoms with Gasteiger partial charge in [-0.05, 0) is 67.5 Å². The number of alkyl halides is 7. The average Bonchev–Trinajstić information content (AvgIpc) is 3.55. The number of carbonyl (C=O) groups is 2. The van der Waals surface area contributed by atoms with E-state index in [2.05, 4.69) is 5.32 Å². The van der Waals surface area contributed by atoms with Crippen LogP contribution in [0.15, 0.2) is 47.4 Å². The first-order chi connectivity index (χ1) is 21.4. The summed E-state index contributed by atoms with van der Waals surface area (Å²) in [6, 6.07) is 4.44. The smallest absolute Gasteiger partial charge is 0.396 e. The number of carbonyl (C=O) groups excluding carboxylic acids is 2. The molecule has 0 bridgehead atoms. The molecule has 4 atom stereocenters. The number of aliphatic hydroxyl groups excluding tert-OH is 1. The standard InChI is InChI=1S/C30H30F8N2O5S/c31-20-4-6-21(7-5-20)46(44,45)27-11-10-24(39-26(43)18-15-25(42)40(16-18)12-1-13-41)23(27)8-2-17-14-19(3-9-22(17)27)28(32,29(33,34)35)30(36,37)38/h3-7,9,14,18,23-24,41H,1-2,8,10-13,15-16H2,(H,39,43)/t18?,23-,24+,27+/m0/s1. The van der Waals surface area contributed by atoms with Crippen LogP contribution in [0, 0.1) is 17.7 Å². The lowest BCUT2D eigenvalue weighted by molar-refractivity contribution is -0.348. The Kier molecular flexibility index (Phi) is 8.71. The molecule has 252 valence electrons. The number of likely N-dealkylation sites (tertiary alicyclic amines) is 1. The molecule has 0 spiro atoms. The molecule has 2 aliphatic carbocycles. The van der Waals surface area contributed by atoms with E-state index in [1.54, 1.807) is 0 Å². The molecule has 1 aliphatic heterocycles. The summed E-state index contributed by atoms with van der Waals surface area (Å²) in [5, 5.41) is 11.9. The van der Waals surface area contributed by atoms with E-state index in [0.717, 1.165) is 30.3 Å². The molecule has 2 aromatic carbocycles. The molecule has 2 aromatic rings. The predicted molar refractivity (Wildman–Crippen MR) is 146 cm³/mol. The van der Waals surface area contributed by atoms with Crippen LogP contribution in [-0.4, -0.2) is 68.3 Å². The van der Waals surface area contributed by atoms with Gasteiger partial charge in [-0.25, -0.2) is 17.2 Å². The molecular formula is C30H30F8N2O5S. The van der Waals surface area contributed by atoms with Crippen molar-refractivity contribution in [2.24, 2.45) is 11.8 Å². The number of nitrogens with one attached hydrogen (secondary N) is 1. The predicted octanol–water partition coefficient (Wildman–Crippen LogP) is 4.86. The number of halogens is 8. The Balaban J connectivity index is 1.56. The highest BCUT2D eigenvalue weighted by Gasteiger charge is 2.73. The minimum atomic E-state index is -6.37. The fraction of sp³-hybridized carbons (Fsp3) is 0.533. The Labute approximate surface area is 258 Å². The van der Waals surface area contributed by atoms with Crippen LogP contribution >= 0.6 is 0 Å².